The third kappa shape index (κ3) is 6.92. The molecule has 1 rings (SSSR count). The fourth-order valence-electron chi connectivity index (χ4n) is 2.92. The maximum atomic E-state index is 13.4. The normalized spacial score (nSPS) is 15.0. The first kappa shape index (κ1) is 18.6. The summed E-state index contributed by atoms with van der Waals surface area (Å²) in [6, 6.07) is 5.65. The zero-order chi connectivity index (χ0) is 16.0. The van der Waals surface area contributed by atoms with Gasteiger partial charge in [0.2, 0.25) is 0 Å². The lowest BCUT2D eigenvalue weighted by Gasteiger charge is -2.27. The summed E-state index contributed by atoms with van der Waals surface area (Å²) < 4.78 is 14.0. The largest absolute Gasteiger partial charge is 0.310 e. The Hall–Kier alpha value is -0.410. The van der Waals surface area contributed by atoms with E-state index in [0.29, 0.717) is 21.8 Å². The number of hydrogen-bond donors (Lipinski definition) is 1. The minimum atomic E-state index is -0.198. The first-order chi connectivity index (χ1) is 9.73. The van der Waals surface area contributed by atoms with Crippen molar-refractivity contribution in [3.63, 3.8) is 0 Å². The van der Waals surface area contributed by atoms with Crippen LogP contribution < -0.4 is 5.32 Å². The van der Waals surface area contributed by atoms with Gasteiger partial charge in [-0.3, -0.25) is 0 Å². The van der Waals surface area contributed by atoms with Crippen LogP contribution in [0.4, 0.5) is 4.39 Å². The van der Waals surface area contributed by atoms with Gasteiger partial charge in [-0.2, -0.15) is 0 Å². The standard InChI is InChI=1S/C18H29BrFN/c1-6-9-21-17(10-13(2)12-18(3,4)5)14-7-8-16(20)15(19)11-14/h7-8,11,13,17,21H,6,9-10,12H2,1-5H3. The highest BCUT2D eigenvalue weighted by atomic mass is 79.9. The van der Waals surface area contributed by atoms with Crippen molar-refractivity contribution in [2.24, 2.45) is 11.3 Å². The Kier molecular flexibility index (Phi) is 7.35. The maximum Gasteiger partial charge on any atom is 0.137 e. The van der Waals surface area contributed by atoms with Crippen LogP contribution in [0.25, 0.3) is 0 Å². The van der Waals surface area contributed by atoms with E-state index < -0.39 is 0 Å². The van der Waals surface area contributed by atoms with Crippen molar-refractivity contribution in [2.75, 3.05) is 6.54 Å². The molecular formula is C18H29BrFN. The second kappa shape index (κ2) is 8.28. The summed E-state index contributed by atoms with van der Waals surface area (Å²) >= 11 is 3.29. The van der Waals surface area contributed by atoms with Gasteiger partial charge < -0.3 is 5.32 Å². The van der Waals surface area contributed by atoms with Crippen LogP contribution in [0.5, 0.6) is 0 Å². The Balaban J connectivity index is 2.81. The number of nitrogens with one attached hydrogen (secondary N) is 1. The van der Waals surface area contributed by atoms with E-state index >= 15 is 0 Å². The molecule has 21 heavy (non-hydrogen) atoms. The van der Waals surface area contributed by atoms with Crippen molar-refractivity contribution >= 4 is 15.9 Å². The molecule has 0 aromatic heterocycles. The first-order valence-corrected chi connectivity index (χ1v) is 8.70. The van der Waals surface area contributed by atoms with Crippen molar-refractivity contribution in [3.05, 3.63) is 34.1 Å². The molecule has 2 atom stereocenters. The maximum absolute atomic E-state index is 13.4. The molecule has 0 aliphatic rings. The van der Waals surface area contributed by atoms with Crippen LogP contribution in [0.3, 0.4) is 0 Å². The van der Waals surface area contributed by atoms with Gasteiger partial charge in [0.25, 0.3) is 0 Å². The first-order valence-electron chi connectivity index (χ1n) is 7.91. The van der Waals surface area contributed by atoms with Gasteiger partial charge in [-0.05, 0) is 70.8 Å². The molecule has 2 unspecified atom stereocenters. The summed E-state index contributed by atoms with van der Waals surface area (Å²) in [7, 11) is 0. The van der Waals surface area contributed by atoms with Crippen LogP contribution in [-0.2, 0) is 0 Å². The van der Waals surface area contributed by atoms with E-state index in [4.69, 9.17) is 0 Å². The molecule has 3 heteroatoms. The van der Waals surface area contributed by atoms with Crippen LogP contribution >= 0.6 is 15.9 Å². The van der Waals surface area contributed by atoms with Gasteiger partial charge in [-0.15, -0.1) is 0 Å². The predicted molar refractivity (Wildman–Crippen MR) is 93.0 cm³/mol. The van der Waals surface area contributed by atoms with Crippen molar-refractivity contribution in [1.82, 2.24) is 5.32 Å². The molecule has 1 aromatic rings. The summed E-state index contributed by atoms with van der Waals surface area (Å²) in [4.78, 5) is 0. The van der Waals surface area contributed by atoms with Crippen LogP contribution in [0.1, 0.15) is 65.5 Å². The molecular weight excluding hydrogens is 329 g/mol. The molecule has 0 spiro atoms. The van der Waals surface area contributed by atoms with Crippen LogP contribution in [-0.4, -0.2) is 6.54 Å². The second-order valence-electron chi connectivity index (χ2n) is 7.29. The quantitative estimate of drug-likeness (QED) is 0.622. The number of halogens is 2. The third-order valence-electron chi connectivity index (χ3n) is 3.59. The Morgan fingerprint density at radius 2 is 1.95 bits per heavy atom. The van der Waals surface area contributed by atoms with Gasteiger partial charge in [-0.25, -0.2) is 4.39 Å². The molecule has 0 radical (unpaired) electrons. The molecule has 0 saturated carbocycles. The summed E-state index contributed by atoms with van der Waals surface area (Å²) in [5, 5.41) is 3.61. The molecule has 0 aliphatic carbocycles. The van der Waals surface area contributed by atoms with E-state index in [1.165, 1.54) is 6.42 Å². The average Bonchev–Trinajstić information content (AvgIpc) is 2.35. The second-order valence-corrected chi connectivity index (χ2v) is 8.14. The Morgan fingerprint density at radius 3 is 2.48 bits per heavy atom. The highest BCUT2D eigenvalue weighted by molar-refractivity contribution is 9.10. The number of rotatable bonds is 7. The van der Waals surface area contributed by atoms with E-state index in [-0.39, 0.29) is 5.82 Å². The summed E-state index contributed by atoms with van der Waals surface area (Å²) in [6.07, 6.45) is 3.38. The lowest BCUT2D eigenvalue weighted by molar-refractivity contribution is 0.275. The van der Waals surface area contributed by atoms with Crippen LogP contribution in [0.2, 0.25) is 0 Å². The summed E-state index contributed by atoms with van der Waals surface area (Å²) in [5.74, 6) is 0.430. The molecule has 120 valence electrons. The third-order valence-corrected chi connectivity index (χ3v) is 4.19. The molecule has 1 aromatic carbocycles. The van der Waals surface area contributed by atoms with E-state index in [0.717, 1.165) is 24.9 Å². The van der Waals surface area contributed by atoms with Crippen molar-refractivity contribution in [1.29, 1.82) is 0 Å². The van der Waals surface area contributed by atoms with E-state index in [1.807, 2.05) is 12.1 Å². The average molecular weight is 358 g/mol. The monoisotopic (exact) mass is 357 g/mol. The van der Waals surface area contributed by atoms with Gasteiger partial charge in [0.15, 0.2) is 0 Å². The Labute approximate surface area is 137 Å². The SMILES string of the molecule is CCCNC(CC(C)CC(C)(C)C)c1ccc(F)c(Br)c1. The van der Waals surface area contributed by atoms with Gasteiger partial charge in [0, 0.05) is 6.04 Å². The fourth-order valence-corrected chi connectivity index (χ4v) is 3.31. The van der Waals surface area contributed by atoms with Gasteiger partial charge in [0.05, 0.1) is 4.47 Å². The molecule has 0 fully saturated rings. The van der Waals surface area contributed by atoms with E-state index in [9.17, 15) is 4.39 Å². The minimum absolute atomic E-state index is 0.198. The smallest absolute Gasteiger partial charge is 0.137 e. The lowest BCUT2D eigenvalue weighted by Crippen LogP contribution is -2.25. The minimum Gasteiger partial charge on any atom is -0.310 e. The van der Waals surface area contributed by atoms with Gasteiger partial charge >= 0.3 is 0 Å². The zero-order valence-electron chi connectivity index (χ0n) is 14.0. The molecule has 0 heterocycles. The molecule has 1 N–H and O–H groups in total. The van der Waals surface area contributed by atoms with Gasteiger partial charge in [-0.1, -0.05) is 40.7 Å². The zero-order valence-corrected chi connectivity index (χ0v) is 15.6. The number of benzene rings is 1. The molecule has 0 saturated heterocycles. The summed E-state index contributed by atoms with van der Waals surface area (Å²) in [5.41, 5.74) is 1.51. The van der Waals surface area contributed by atoms with Crippen LogP contribution in [0.15, 0.2) is 22.7 Å². The fraction of sp³-hybridized carbons (Fsp3) is 0.667. The van der Waals surface area contributed by atoms with Crippen molar-refractivity contribution in [3.8, 4) is 0 Å². The topological polar surface area (TPSA) is 12.0 Å². The van der Waals surface area contributed by atoms with E-state index in [2.05, 4.69) is 55.9 Å². The molecule has 0 amide bonds. The van der Waals surface area contributed by atoms with Crippen LogP contribution in [0, 0.1) is 17.2 Å². The highest BCUT2D eigenvalue weighted by Gasteiger charge is 2.20. The summed E-state index contributed by atoms with van der Waals surface area (Å²) in [6.45, 7) is 12.3. The molecule has 1 nitrogen and oxygen atoms in total. The van der Waals surface area contributed by atoms with Gasteiger partial charge in [0.1, 0.15) is 5.82 Å². The lowest BCUT2D eigenvalue weighted by atomic mass is 9.82. The predicted octanol–water partition coefficient (Wildman–Crippen LogP) is 6.09. The Morgan fingerprint density at radius 1 is 1.29 bits per heavy atom. The highest BCUT2D eigenvalue weighted by Crippen LogP contribution is 2.31. The molecule has 0 bridgehead atoms. The van der Waals surface area contributed by atoms with Crippen molar-refractivity contribution in [2.45, 2.75) is 59.9 Å². The Bertz CT molecular complexity index is 439. The van der Waals surface area contributed by atoms with E-state index in [1.54, 1.807) is 6.07 Å². The number of hydrogen-bond acceptors (Lipinski definition) is 1. The van der Waals surface area contributed by atoms with Crippen molar-refractivity contribution < 1.29 is 4.39 Å². The molecule has 0 aliphatic heterocycles.